The number of sulfonamides is 1. The minimum atomic E-state index is -3.72. The molecule has 1 amide bonds. The number of nitrogens with one attached hydrogen (secondary N) is 1. The van der Waals surface area contributed by atoms with Gasteiger partial charge < -0.3 is 15.0 Å². The van der Waals surface area contributed by atoms with E-state index >= 15 is 0 Å². The maximum Gasteiger partial charge on any atom is 0.246 e. The van der Waals surface area contributed by atoms with Gasteiger partial charge in [-0.05, 0) is 93.6 Å². The maximum absolute atomic E-state index is 13.4. The molecule has 7 nitrogen and oxygen atoms in total. The number of carbonyl (C=O) groups excluding carboxylic acids is 1. The maximum atomic E-state index is 13.4. The van der Waals surface area contributed by atoms with Crippen LogP contribution in [0, 0.1) is 23.5 Å². The molecule has 2 aliphatic rings. The molecule has 2 aromatic carbocycles. The largest absolute Gasteiger partial charge is 0.367 e. The summed E-state index contributed by atoms with van der Waals surface area (Å²) in [5, 5.41) is 2.93. The van der Waals surface area contributed by atoms with Crippen molar-refractivity contribution < 1.29 is 26.7 Å². The molecule has 1 saturated heterocycles. The third kappa shape index (κ3) is 7.84. The predicted octanol–water partition coefficient (Wildman–Crippen LogP) is 4.36. The molecule has 0 bridgehead atoms. The van der Waals surface area contributed by atoms with Crippen molar-refractivity contribution in [2.24, 2.45) is 11.8 Å². The summed E-state index contributed by atoms with van der Waals surface area (Å²) in [6.45, 7) is 0.943. The lowest BCUT2D eigenvalue weighted by atomic mass is 9.75. The van der Waals surface area contributed by atoms with Gasteiger partial charge in [-0.25, -0.2) is 17.2 Å². The van der Waals surface area contributed by atoms with E-state index in [0.717, 1.165) is 49.8 Å². The lowest BCUT2D eigenvalue weighted by Crippen LogP contribution is -2.34. The molecule has 214 valence electrons. The average molecular weight is 564 g/mol. The van der Waals surface area contributed by atoms with Gasteiger partial charge >= 0.3 is 0 Å². The fraction of sp³-hybridized carbons (Fsp3) is 0.552. The Labute approximate surface area is 230 Å². The van der Waals surface area contributed by atoms with Crippen molar-refractivity contribution >= 4 is 15.9 Å². The Morgan fingerprint density at radius 2 is 1.62 bits per heavy atom. The van der Waals surface area contributed by atoms with E-state index < -0.39 is 15.8 Å². The van der Waals surface area contributed by atoms with Crippen molar-refractivity contribution in [1.82, 2.24) is 14.5 Å². The lowest BCUT2D eigenvalue weighted by Gasteiger charge is -2.37. The number of ether oxygens (including phenoxy) is 1. The van der Waals surface area contributed by atoms with E-state index in [-0.39, 0.29) is 41.9 Å². The van der Waals surface area contributed by atoms with Gasteiger partial charge in [-0.3, -0.25) is 4.79 Å². The highest BCUT2D eigenvalue weighted by Crippen LogP contribution is 2.40. The molecule has 10 heteroatoms. The highest BCUT2D eigenvalue weighted by molar-refractivity contribution is 7.89. The molecule has 0 aromatic heterocycles. The molecule has 2 fully saturated rings. The van der Waals surface area contributed by atoms with E-state index in [9.17, 15) is 22.0 Å². The number of hydrogen-bond acceptors (Lipinski definition) is 5. The molecule has 1 aliphatic heterocycles. The smallest absolute Gasteiger partial charge is 0.246 e. The summed E-state index contributed by atoms with van der Waals surface area (Å²) >= 11 is 0. The number of hydrogen-bond donors (Lipinski definition) is 1. The van der Waals surface area contributed by atoms with Crippen LogP contribution in [0.1, 0.15) is 50.1 Å². The van der Waals surface area contributed by atoms with Gasteiger partial charge in [0, 0.05) is 25.7 Å². The monoisotopic (exact) mass is 563 g/mol. The topological polar surface area (TPSA) is 79.0 Å². The molecule has 39 heavy (non-hydrogen) atoms. The van der Waals surface area contributed by atoms with Gasteiger partial charge in [0.05, 0.1) is 11.0 Å². The zero-order valence-corrected chi connectivity index (χ0v) is 23.5. The van der Waals surface area contributed by atoms with Crippen LogP contribution in [0.25, 0.3) is 0 Å². The van der Waals surface area contributed by atoms with Crippen LogP contribution in [-0.4, -0.2) is 70.0 Å². The molecule has 1 N–H and O–H groups in total. The molecule has 0 spiro atoms. The zero-order chi connectivity index (χ0) is 28.0. The van der Waals surface area contributed by atoms with Crippen LogP contribution in [0.4, 0.5) is 8.78 Å². The minimum absolute atomic E-state index is 0.0454. The summed E-state index contributed by atoms with van der Waals surface area (Å²) in [6.07, 6.45) is 5.46. The lowest BCUT2D eigenvalue weighted by molar-refractivity contribution is -0.127. The van der Waals surface area contributed by atoms with Gasteiger partial charge in [-0.1, -0.05) is 25.0 Å². The molecule has 4 rings (SSSR count). The van der Waals surface area contributed by atoms with E-state index in [1.54, 1.807) is 0 Å². The van der Waals surface area contributed by atoms with Gasteiger partial charge in [0.1, 0.15) is 18.2 Å². The summed E-state index contributed by atoms with van der Waals surface area (Å²) in [4.78, 5) is 14.6. The van der Waals surface area contributed by atoms with Crippen molar-refractivity contribution in [1.29, 1.82) is 0 Å². The van der Waals surface area contributed by atoms with Gasteiger partial charge in [-0.2, -0.15) is 4.31 Å². The molecule has 2 aromatic rings. The van der Waals surface area contributed by atoms with Crippen molar-refractivity contribution in [3.05, 3.63) is 65.7 Å². The first-order valence-corrected chi connectivity index (χ1v) is 15.1. The van der Waals surface area contributed by atoms with Crippen LogP contribution < -0.4 is 5.32 Å². The first-order chi connectivity index (χ1) is 18.6. The average Bonchev–Trinajstić information content (AvgIpc) is 3.40. The summed E-state index contributed by atoms with van der Waals surface area (Å²) < 4.78 is 59.0. The molecule has 1 heterocycles. The van der Waals surface area contributed by atoms with Crippen molar-refractivity contribution in [3.8, 4) is 0 Å². The number of halogens is 2. The van der Waals surface area contributed by atoms with Crippen molar-refractivity contribution in [2.75, 3.05) is 40.3 Å². The van der Waals surface area contributed by atoms with Crippen LogP contribution in [0.5, 0.6) is 0 Å². The zero-order valence-electron chi connectivity index (χ0n) is 22.7. The Morgan fingerprint density at radius 3 is 2.23 bits per heavy atom. The Hall–Kier alpha value is -2.40. The standard InChI is InChI=1S/C29H39F2N3O4S/c1-33(2)29(23-7-9-24(30)10-8-23)22-5-3-21(4-6-22)15-17-32-28(35)20-38-26-16-18-34(19-26)39(36,37)27-13-11-25(31)12-14-27/h7-14,21-22,26,29H,3-6,15-20H2,1-2H3,(H,32,35). The van der Waals surface area contributed by atoms with E-state index in [1.807, 2.05) is 12.1 Å². The summed E-state index contributed by atoms with van der Waals surface area (Å²) in [5.74, 6) is 0.163. The highest BCUT2D eigenvalue weighted by atomic mass is 32.2. The quantitative estimate of drug-likeness (QED) is 0.440. The third-order valence-electron chi connectivity index (χ3n) is 7.99. The van der Waals surface area contributed by atoms with Crippen LogP contribution >= 0.6 is 0 Å². The first kappa shape index (κ1) is 29.6. The summed E-state index contributed by atoms with van der Waals surface area (Å²) in [6, 6.07) is 11.9. The molecular weight excluding hydrogens is 524 g/mol. The van der Waals surface area contributed by atoms with Gasteiger partial charge in [0.15, 0.2) is 0 Å². The Balaban J connectivity index is 1.14. The fourth-order valence-electron chi connectivity index (χ4n) is 5.91. The molecular formula is C29H39F2N3O4S. The van der Waals surface area contributed by atoms with Gasteiger partial charge in [0.2, 0.25) is 15.9 Å². The van der Waals surface area contributed by atoms with Crippen molar-refractivity contribution in [2.45, 2.75) is 55.6 Å². The fourth-order valence-corrected chi connectivity index (χ4v) is 7.40. The molecule has 1 saturated carbocycles. The Morgan fingerprint density at radius 1 is 1.00 bits per heavy atom. The van der Waals surface area contributed by atoms with E-state index in [0.29, 0.717) is 31.3 Å². The van der Waals surface area contributed by atoms with Gasteiger partial charge in [0.25, 0.3) is 0 Å². The normalized spacial score (nSPS) is 23.2. The minimum Gasteiger partial charge on any atom is -0.367 e. The molecule has 2 atom stereocenters. The van der Waals surface area contributed by atoms with E-state index in [4.69, 9.17) is 4.74 Å². The number of rotatable bonds is 11. The molecule has 2 unspecified atom stereocenters. The Kier molecular flexibility index (Phi) is 10.1. The first-order valence-electron chi connectivity index (χ1n) is 13.7. The van der Waals surface area contributed by atoms with E-state index in [1.165, 1.54) is 28.6 Å². The van der Waals surface area contributed by atoms with Crippen LogP contribution in [0.15, 0.2) is 53.4 Å². The number of nitrogens with zero attached hydrogens (tertiary/aromatic N) is 2. The number of carbonyl (C=O) groups is 1. The van der Waals surface area contributed by atoms with Crippen molar-refractivity contribution in [3.63, 3.8) is 0 Å². The van der Waals surface area contributed by atoms with Crippen LogP contribution in [-0.2, 0) is 19.6 Å². The van der Waals surface area contributed by atoms with Crippen LogP contribution in [0.2, 0.25) is 0 Å². The molecule has 0 radical (unpaired) electrons. The second kappa shape index (κ2) is 13.3. The summed E-state index contributed by atoms with van der Waals surface area (Å²) in [5.41, 5.74) is 1.15. The van der Waals surface area contributed by atoms with E-state index in [2.05, 4.69) is 24.3 Å². The van der Waals surface area contributed by atoms with Gasteiger partial charge in [-0.15, -0.1) is 0 Å². The second-order valence-electron chi connectivity index (χ2n) is 10.9. The second-order valence-corrected chi connectivity index (χ2v) is 12.9. The number of amides is 1. The highest BCUT2D eigenvalue weighted by Gasteiger charge is 2.33. The summed E-state index contributed by atoms with van der Waals surface area (Å²) in [7, 11) is 0.432. The third-order valence-corrected chi connectivity index (χ3v) is 9.87. The van der Waals surface area contributed by atoms with Crippen LogP contribution in [0.3, 0.4) is 0 Å². The predicted molar refractivity (Wildman–Crippen MR) is 145 cm³/mol. The SMILES string of the molecule is CN(C)C(c1ccc(F)cc1)C1CCC(CCNC(=O)COC2CCN(S(=O)(=O)c3ccc(F)cc3)C2)CC1. The molecule has 1 aliphatic carbocycles. The Bertz CT molecular complexity index is 1180. The number of benzene rings is 2.